The van der Waals surface area contributed by atoms with E-state index in [1.54, 1.807) is 18.2 Å². The van der Waals surface area contributed by atoms with Crippen LogP contribution in [-0.2, 0) is 26.2 Å². The third kappa shape index (κ3) is 8.07. The minimum Gasteiger partial charge on any atom is -0.354 e. The van der Waals surface area contributed by atoms with Crippen molar-refractivity contribution in [1.29, 1.82) is 0 Å². The summed E-state index contributed by atoms with van der Waals surface area (Å²) in [4.78, 5) is 38.0. The first-order valence-electron chi connectivity index (χ1n) is 10.9. The molecule has 0 radical (unpaired) electrons. The number of sulfonamides is 1. The van der Waals surface area contributed by atoms with Crippen molar-refractivity contribution in [2.45, 2.75) is 33.4 Å². The topological polar surface area (TPSA) is 130 Å². The van der Waals surface area contributed by atoms with Crippen molar-refractivity contribution in [1.82, 2.24) is 10.2 Å². The monoisotopic (exact) mass is 558 g/mol. The van der Waals surface area contributed by atoms with Crippen LogP contribution in [0.2, 0.25) is 10.0 Å². The molecule has 2 aromatic rings. The van der Waals surface area contributed by atoms with Crippen LogP contribution in [0.25, 0.3) is 0 Å². The number of nitrogens with zero attached hydrogens (tertiary/aromatic N) is 3. The number of amides is 2. The molecule has 1 atom stereocenters. The highest BCUT2D eigenvalue weighted by atomic mass is 35.5. The van der Waals surface area contributed by atoms with Gasteiger partial charge in [-0.1, -0.05) is 49.2 Å². The quantitative estimate of drug-likeness (QED) is 0.329. The molecule has 1 N–H and O–H groups in total. The minimum atomic E-state index is -4.02. The third-order valence-corrected chi connectivity index (χ3v) is 7.08. The normalized spacial score (nSPS) is 12.2. The second kappa shape index (κ2) is 12.4. The maximum atomic E-state index is 13.5. The number of hydrogen-bond donors (Lipinski definition) is 1. The van der Waals surface area contributed by atoms with Gasteiger partial charge in [-0.3, -0.25) is 24.0 Å². The summed E-state index contributed by atoms with van der Waals surface area (Å²) < 4.78 is 25.9. The van der Waals surface area contributed by atoms with E-state index in [2.05, 4.69) is 5.32 Å². The van der Waals surface area contributed by atoms with Gasteiger partial charge in [-0.05, 0) is 36.6 Å². The van der Waals surface area contributed by atoms with Crippen LogP contribution in [0.1, 0.15) is 26.3 Å². The summed E-state index contributed by atoms with van der Waals surface area (Å²) in [5.41, 5.74) is 0.191. The Balaban J connectivity index is 2.43. The first kappa shape index (κ1) is 29.3. The fourth-order valence-electron chi connectivity index (χ4n) is 3.25. The number of nitro benzene ring substituents is 1. The molecule has 10 nitrogen and oxygen atoms in total. The van der Waals surface area contributed by atoms with Crippen LogP contribution in [-0.4, -0.2) is 55.4 Å². The van der Waals surface area contributed by atoms with Gasteiger partial charge in [0.25, 0.3) is 5.69 Å². The van der Waals surface area contributed by atoms with E-state index in [0.29, 0.717) is 17.1 Å². The molecule has 2 aromatic carbocycles. The lowest BCUT2D eigenvalue weighted by Gasteiger charge is -2.31. The summed E-state index contributed by atoms with van der Waals surface area (Å²) in [6.07, 6.45) is 0.890. The summed E-state index contributed by atoms with van der Waals surface area (Å²) in [7, 11) is -4.02. The molecular weight excluding hydrogens is 531 g/mol. The van der Waals surface area contributed by atoms with E-state index >= 15 is 0 Å². The highest BCUT2D eigenvalue weighted by Crippen LogP contribution is 2.25. The number of anilines is 1. The van der Waals surface area contributed by atoms with Crippen LogP contribution in [0.4, 0.5) is 11.4 Å². The molecule has 0 saturated heterocycles. The van der Waals surface area contributed by atoms with Crippen LogP contribution in [0.3, 0.4) is 0 Å². The van der Waals surface area contributed by atoms with Gasteiger partial charge in [-0.25, -0.2) is 8.42 Å². The molecule has 0 bridgehead atoms. The first-order valence-corrected chi connectivity index (χ1v) is 13.5. The lowest BCUT2D eigenvalue weighted by Crippen LogP contribution is -2.51. The van der Waals surface area contributed by atoms with Gasteiger partial charge in [-0.15, -0.1) is 0 Å². The van der Waals surface area contributed by atoms with Crippen molar-refractivity contribution in [3.05, 3.63) is 68.2 Å². The molecule has 0 fully saturated rings. The molecule has 36 heavy (non-hydrogen) atoms. The molecule has 2 rings (SSSR count). The van der Waals surface area contributed by atoms with E-state index in [0.717, 1.165) is 16.6 Å². The predicted octanol–water partition coefficient (Wildman–Crippen LogP) is 3.86. The Bertz CT molecular complexity index is 1240. The average molecular weight is 559 g/mol. The number of rotatable bonds is 11. The van der Waals surface area contributed by atoms with Crippen molar-refractivity contribution >= 4 is 56.4 Å². The van der Waals surface area contributed by atoms with Crippen molar-refractivity contribution in [2.75, 3.05) is 23.7 Å². The van der Waals surface area contributed by atoms with Gasteiger partial charge >= 0.3 is 0 Å². The zero-order valence-corrected chi connectivity index (χ0v) is 22.6. The Morgan fingerprint density at radius 2 is 1.75 bits per heavy atom. The fraction of sp³-hybridized carbons (Fsp3) is 0.391. The van der Waals surface area contributed by atoms with Crippen molar-refractivity contribution < 1.29 is 22.9 Å². The summed E-state index contributed by atoms with van der Waals surface area (Å²) in [5.74, 6) is -0.932. The second-order valence-electron chi connectivity index (χ2n) is 8.63. The van der Waals surface area contributed by atoms with E-state index in [1.807, 2.05) is 13.8 Å². The Morgan fingerprint density at radius 3 is 2.31 bits per heavy atom. The molecule has 0 aliphatic heterocycles. The van der Waals surface area contributed by atoms with Gasteiger partial charge in [0.1, 0.15) is 12.6 Å². The molecule has 0 aliphatic rings. The van der Waals surface area contributed by atoms with Gasteiger partial charge in [-0.2, -0.15) is 0 Å². The number of carbonyl (C=O) groups excluding carboxylic acids is 2. The maximum Gasteiger partial charge on any atom is 0.271 e. The van der Waals surface area contributed by atoms with E-state index < -0.39 is 39.3 Å². The predicted molar refractivity (Wildman–Crippen MR) is 140 cm³/mol. The second-order valence-corrected chi connectivity index (χ2v) is 11.4. The number of benzene rings is 2. The molecule has 2 amide bonds. The van der Waals surface area contributed by atoms with Gasteiger partial charge in [0.2, 0.25) is 21.8 Å². The number of halogens is 2. The Kier molecular flexibility index (Phi) is 10.1. The van der Waals surface area contributed by atoms with Crippen molar-refractivity contribution in [3.63, 3.8) is 0 Å². The highest BCUT2D eigenvalue weighted by Gasteiger charge is 2.30. The molecule has 0 aromatic heterocycles. The van der Waals surface area contributed by atoms with Gasteiger partial charge in [0, 0.05) is 25.2 Å². The lowest BCUT2D eigenvalue weighted by atomic mass is 10.1. The summed E-state index contributed by atoms with van der Waals surface area (Å²) in [6.45, 7) is 5.03. The van der Waals surface area contributed by atoms with E-state index in [-0.39, 0.29) is 28.9 Å². The van der Waals surface area contributed by atoms with E-state index in [4.69, 9.17) is 23.2 Å². The highest BCUT2D eigenvalue weighted by molar-refractivity contribution is 7.92. The number of nitrogens with one attached hydrogen (secondary N) is 1. The average Bonchev–Trinajstić information content (AvgIpc) is 2.80. The molecular formula is C23H28Cl2N4O6S. The van der Waals surface area contributed by atoms with Gasteiger partial charge in [0.05, 0.1) is 26.9 Å². The van der Waals surface area contributed by atoms with Crippen LogP contribution in [0, 0.1) is 16.0 Å². The van der Waals surface area contributed by atoms with Crippen molar-refractivity contribution in [3.8, 4) is 0 Å². The van der Waals surface area contributed by atoms with E-state index in [1.165, 1.54) is 30.0 Å². The Labute approximate surface area is 220 Å². The minimum absolute atomic E-state index is 0.0496. The third-order valence-electron chi connectivity index (χ3n) is 5.20. The Morgan fingerprint density at radius 1 is 1.08 bits per heavy atom. The molecule has 0 spiro atoms. The van der Waals surface area contributed by atoms with Crippen molar-refractivity contribution in [2.24, 2.45) is 5.92 Å². The largest absolute Gasteiger partial charge is 0.354 e. The summed E-state index contributed by atoms with van der Waals surface area (Å²) >= 11 is 12.1. The number of nitro groups is 1. The molecule has 196 valence electrons. The van der Waals surface area contributed by atoms with Crippen LogP contribution >= 0.6 is 23.2 Å². The van der Waals surface area contributed by atoms with Gasteiger partial charge < -0.3 is 10.2 Å². The maximum absolute atomic E-state index is 13.5. The SMILES string of the molecule is CC(C)CNC(=O)C(C)N(Cc1ccc(Cl)c(Cl)c1)C(=O)CN(c1cccc([N+](=O)[O-])c1)S(C)(=O)=O. The fourth-order valence-corrected chi connectivity index (χ4v) is 4.41. The standard InChI is InChI=1S/C23H28Cl2N4O6S/c1-15(2)12-26-23(31)16(3)27(13-17-8-9-20(24)21(25)10-17)22(30)14-28(36(4,34)35)18-6-5-7-19(11-18)29(32)33/h5-11,15-16H,12-14H2,1-4H3,(H,26,31). The summed E-state index contributed by atoms with van der Waals surface area (Å²) in [6, 6.07) is 8.74. The molecule has 13 heteroatoms. The molecule has 0 aliphatic carbocycles. The summed E-state index contributed by atoms with van der Waals surface area (Å²) in [5, 5.41) is 14.5. The van der Waals surface area contributed by atoms with Gasteiger partial charge in [0.15, 0.2) is 0 Å². The first-order chi connectivity index (χ1) is 16.7. The zero-order chi connectivity index (χ0) is 27.2. The Hall–Kier alpha value is -2.89. The van der Waals surface area contributed by atoms with Crippen LogP contribution in [0.15, 0.2) is 42.5 Å². The molecule has 0 heterocycles. The smallest absolute Gasteiger partial charge is 0.271 e. The lowest BCUT2D eigenvalue weighted by molar-refractivity contribution is -0.384. The zero-order valence-electron chi connectivity index (χ0n) is 20.3. The molecule has 1 unspecified atom stereocenters. The number of non-ortho nitro benzene ring substituents is 1. The van der Waals surface area contributed by atoms with E-state index in [9.17, 15) is 28.1 Å². The van der Waals surface area contributed by atoms with Crippen LogP contribution in [0.5, 0.6) is 0 Å². The van der Waals surface area contributed by atoms with Crippen LogP contribution < -0.4 is 9.62 Å². The molecule has 0 saturated carbocycles. The number of carbonyl (C=O) groups is 2. The number of hydrogen-bond acceptors (Lipinski definition) is 6.